The Morgan fingerprint density at radius 2 is 1.89 bits per heavy atom. The summed E-state index contributed by atoms with van der Waals surface area (Å²) in [4.78, 5) is 15.0. The van der Waals surface area contributed by atoms with Gasteiger partial charge in [-0.2, -0.15) is 0 Å². The first-order valence-corrected chi connectivity index (χ1v) is 9.21. The Balaban J connectivity index is 1.65. The van der Waals surface area contributed by atoms with Gasteiger partial charge in [-0.15, -0.1) is 0 Å². The highest BCUT2D eigenvalue weighted by molar-refractivity contribution is 5.80. The Morgan fingerprint density at radius 1 is 1.19 bits per heavy atom. The van der Waals surface area contributed by atoms with Gasteiger partial charge in [-0.05, 0) is 37.4 Å². The molecule has 6 heteroatoms. The van der Waals surface area contributed by atoms with E-state index in [2.05, 4.69) is 21.1 Å². The molecule has 0 bridgehead atoms. The van der Waals surface area contributed by atoms with E-state index in [1.165, 1.54) is 0 Å². The van der Waals surface area contributed by atoms with Crippen LogP contribution in [0.5, 0.6) is 5.75 Å². The zero-order valence-corrected chi connectivity index (χ0v) is 16.1. The minimum absolute atomic E-state index is 0.0232. The molecule has 6 nitrogen and oxygen atoms in total. The SMILES string of the molecule is COc1ccc(C(CNC(=O)C2CNNC2c2ccccc2)N(C)C)cc1. The largest absolute Gasteiger partial charge is 0.497 e. The molecule has 1 amide bonds. The summed E-state index contributed by atoms with van der Waals surface area (Å²) in [7, 11) is 5.70. The molecule has 0 aliphatic carbocycles. The summed E-state index contributed by atoms with van der Waals surface area (Å²) in [5.74, 6) is 0.738. The van der Waals surface area contributed by atoms with Crippen LogP contribution in [0.25, 0.3) is 0 Å². The van der Waals surface area contributed by atoms with E-state index in [0.717, 1.165) is 16.9 Å². The second-order valence-electron chi connectivity index (χ2n) is 7.02. The molecule has 3 rings (SSSR count). The lowest BCUT2D eigenvalue weighted by Crippen LogP contribution is -2.40. The molecule has 1 fully saturated rings. The van der Waals surface area contributed by atoms with Crippen LogP contribution >= 0.6 is 0 Å². The molecular weight excluding hydrogens is 340 g/mol. The van der Waals surface area contributed by atoms with Crippen LogP contribution in [-0.4, -0.2) is 45.1 Å². The Morgan fingerprint density at radius 3 is 2.52 bits per heavy atom. The number of amides is 1. The molecule has 2 aromatic rings. The molecule has 3 atom stereocenters. The average molecular weight is 368 g/mol. The number of methoxy groups -OCH3 is 1. The summed E-state index contributed by atoms with van der Waals surface area (Å²) in [6.45, 7) is 1.16. The maximum atomic E-state index is 12.9. The van der Waals surface area contributed by atoms with Gasteiger partial charge in [-0.25, -0.2) is 5.43 Å². The second kappa shape index (κ2) is 8.99. The fraction of sp³-hybridized carbons (Fsp3) is 0.381. The first kappa shape index (κ1) is 19.4. The van der Waals surface area contributed by atoms with Crippen molar-refractivity contribution in [2.45, 2.75) is 12.1 Å². The molecular formula is C21H28N4O2. The molecule has 1 saturated heterocycles. The monoisotopic (exact) mass is 368 g/mol. The molecule has 27 heavy (non-hydrogen) atoms. The molecule has 0 saturated carbocycles. The highest BCUT2D eigenvalue weighted by atomic mass is 16.5. The van der Waals surface area contributed by atoms with Gasteiger partial charge in [0, 0.05) is 13.1 Å². The van der Waals surface area contributed by atoms with Crippen LogP contribution in [0.1, 0.15) is 23.2 Å². The molecule has 0 radical (unpaired) electrons. The third kappa shape index (κ3) is 4.66. The van der Waals surface area contributed by atoms with E-state index in [4.69, 9.17) is 4.74 Å². The number of nitrogens with zero attached hydrogens (tertiary/aromatic N) is 1. The fourth-order valence-corrected chi connectivity index (χ4v) is 3.47. The van der Waals surface area contributed by atoms with Crippen LogP contribution < -0.4 is 20.9 Å². The number of rotatable bonds is 7. The van der Waals surface area contributed by atoms with E-state index in [9.17, 15) is 4.79 Å². The average Bonchev–Trinajstić information content (AvgIpc) is 3.19. The quantitative estimate of drug-likeness (QED) is 0.696. The van der Waals surface area contributed by atoms with Gasteiger partial charge in [-0.1, -0.05) is 42.5 Å². The summed E-state index contributed by atoms with van der Waals surface area (Å²) in [5.41, 5.74) is 8.60. The summed E-state index contributed by atoms with van der Waals surface area (Å²) >= 11 is 0. The zero-order valence-electron chi connectivity index (χ0n) is 16.1. The predicted octanol–water partition coefficient (Wildman–Crippen LogP) is 1.88. The van der Waals surface area contributed by atoms with E-state index in [0.29, 0.717) is 13.1 Å². The van der Waals surface area contributed by atoms with Gasteiger partial charge in [-0.3, -0.25) is 10.2 Å². The predicted molar refractivity (Wildman–Crippen MR) is 106 cm³/mol. The number of nitrogens with one attached hydrogen (secondary N) is 3. The number of carbonyl (C=O) groups excluding carboxylic acids is 1. The fourth-order valence-electron chi connectivity index (χ4n) is 3.47. The molecule has 3 unspecified atom stereocenters. The number of likely N-dealkylation sites (N-methyl/N-ethyl adjacent to an activating group) is 1. The smallest absolute Gasteiger partial charge is 0.226 e. The van der Waals surface area contributed by atoms with Crippen LogP contribution in [0.3, 0.4) is 0 Å². The third-order valence-corrected chi connectivity index (χ3v) is 5.07. The molecule has 1 aliphatic rings. The number of hydrazine groups is 1. The number of carbonyl (C=O) groups is 1. The van der Waals surface area contributed by atoms with Crippen molar-refractivity contribution in [2.24, 2.45) is 5.92 Å². The van der Waals surface area contributed by atoms with Gasteiger partial charge >= 0.3 is 0 Å². The van der Waals surface area contributed by atoms with Crippen LogP contribution in [-0.2, 0) is 4.79 Å². The van der Waals surface area contributed by atoms with Crippen molar-refractivity contribution in [2.75, 3.05) is 34.3 Å². The van der Waals surface area contributed by atoms with E-state index in [1.807, 2.05) is 68.7 Å². The van der Waals surface area contributed by atoms with Gasteiger partial charge in [0.1, 0.15) is 5.75 Å². The Hall–Kier alpha value is -2.41. The van der Waals surface area contributed by atoms with Gasteiger partial charge < -0.3 is 15.0 Å². The van der Waals surface area contributed by atoms with Crippen LogP contribution in [0, 0.1) is 5.92 Å². The Bertz CT molecular complexity index is 734. The maximum absolute atomic E-state index is 12.9. The van der Waals surface area contributed by atoms with Gasteiger partial charge in [0.25, 0.3) is 0 Å². The Kier molecular flexibility index (Phi) is 6.45. The lowest BCUT2D eigenvalue weighted by Gasteiger charge is -2.26. The molecule has 3 N–H and O–H groups in total. The molecule has 2 aromatic carbocycles. The lowest BCUT2D eigenvalue weighted by atomic mass is 9.94. The summed E-state index contributed by atoms with van der Waals surface area (Å²) in [5, 5.41) is 3.14. The van der Waals surface area contributed by atoms with Crippen molar-refractivity contribution in [3.63, 3.8) is 0 Å². The van der Waals surface area contributed by atoms with E-state index >= 15 is 0 Å². The number of ether oxygens (including phenoxy) is 1. The molecule has 0 aromatic heterocycles. The van der Waals surface area contributed by atoms with Gasteiger partial charge in [0.2, 0.25) is 5.91 Å². The minimum Gasteiger partial charge on any atom is -0.497 e. The zero-order chi connectivity index (χ0) is 19.2. The number of benzene rings is 2. The van der Waals surface area contributed by atoms with Crippen LogP contribution in [0.15, 0.2) is 54.6 Å². The summed E-state index contributed by atoms with van der Waals surface area (Å²) < 4.78 is 5.23. The standard InChI is InChI=1S/C21H28N4O2/c1-25(2)19(15-9-11-17(27-3)12-10-15)14-22-21(26)18-13-23-24-20(18)16-7-5-4-6-8-16/h4-12,18-20,23-24H,13-14H2,1-3H3,(H,22,26). The van der Waals surface area contributed by atoms with Crippen LogP contribution in [0.4, 0.5) is 0 Å². The van der Waals surface area contributed by atoms with Crippen molar-refractivity contribution >= 4 is 5.91 Å². The van der Waals surface area contributed by atoms with E-state index in [-0.39, 0.29) is 23.9 Å². The summed E-state index contributed by atoms with van der Waals surface area (Å²) in [6.07, 6.45) is 0. The number of hydrogen-bond donors (Lipinski definition) is 3. The van der Waals surface area contributed by atoms with Crippen molar-refractivity contribution in [1.82, 2.24) is 21.1 Å². The second-order valence-corrected chi connectivity index (χ2v) is 7.02. The van der Waals surface area contributed by atoms with Crippen molar-refractivity contribution in [1.29, 1.82) is 0 Å². The van der Waals surface area contributed by atoms with E-state index in [1.54, 1.807) is 7.11 Å². The maximum Gasteiger partial charge on any atom is 0.226 e. The lowest BCUT2D eigenvalue weighted by molar-refractivity contribution is -0.125. The minimum atomic E-state index is -0.147. The normalized spacial score (nSPS) is 20.4. The van der Waals surface area contributed by atoms with Crippen molar-refractivity contribution in [3.05, 3.63) is 65.7 Å². The highest BCUT2D eigenvalue weighted by Crippen LogP contribution is 2.25. The highest BCUT2D eigenvalue weighted by Gasteiger charge is 2.34. The van der Waals surface area contributed by atoms with Crippen LogP contribution in [0.2, 0.25) is 0 Å². The third-order valence-electron chi connectivity index (χ3n) is 5.07. The van der Waals surface area contributed by atoms with Gasteiger partial charge in [0.05, 0.1) is 25.1 Å². The van der Waals surface area contributed by atoms with Crippen molar-refractivity contribution < 1.29 is 9.53 Å². The van der Waals surface area contributed by atoms with Gasteiger partial charge in [0.15, 0.2) is 0 Å². The summed E-state index contributed by atoms with van der Waals surface area (Å²) in [6, 6.07) is 18.1. The molecule has 0 spiro atoms. The Labute approximate surface area is 160 Å². The number of hydrogen-bond acceptors (Lipinski definition) is 5. The molecule has 1 aliphatic heterocycles. The van der Waals surface area contributed by atoms with Crippen molar-refractivity contribution in [3.8, 4) is 5.75 Å². The van der Waals surface area contributed by atoms with E-state index < -0.39 is 0 Å². The molecule has 144 valence electrons. The topological polar surface area (TPSA) is 65.6 Å². The first-order chi connectivity index (χ1) is 13.1. The first-order valence-electron chi connectivity index (χ1n) is 9.21. The molecule has 1 heterocycles.